The Labute approximate surface area is 226 Å². The van der Waals surface area contributed by atoms with Gasteiger partial charge in [0.25, 0.3) is 0 Å². The minimum absolute atomic E-state index is 0.0351. The number of allylic oxidation sites excluding steroid dienone is 1. The van der Waals surface area contributed by atoms with Crippen molar-refractivity contribution in [3.63, 3.8) is 0 Å². The quantitative estimate of drug-likeness (QED) is 0.354. The van der Waals surface area contributed by atoms with Gasteiger partial charge < -0.3 is 15.2 Å². The maximum atomic E-state index is 14.4. The second-order valence-corrected chi connectivity index (χ2v) is 11.9. The number of sulfonamides is 1. The molecule has 10 nitrogen and oxygen atoms in total. The number of aliphatic imine (C=N–C) groups is 1. The molecule has 1 saturated heterocycles. The van der Waals surface area contributed by atoms with Crippen molar-refractivity contribution >= 4 is 50.7 Å². The van der Waals surface area contributed by atoms with Crippen LogP contribution in [0.3, 0.4) is 0 Å². The number of benzene rings is 1. The number of nitrogens with zero attached hydrogens (tertiary/aromatic N) is 3. The van der Waals surface area contributed by atoms with Gasteiger partial charge in [-0.1, -0.05) is 17.7 Å². The molecule has 0 amide bonds. The van der Waals surface area contributed by atoms with E-state index in [1.165, 1.54) is 28.8 Å². The zero-order valence-corrected chi connectivity index (χ0v) is 22.4. The first-order chi connectivity index (χ1) is 18.0. The van der Waals surface area contributed by atoms with Crippen LogP contribution < -0.4 is 5.32 Å². The molecule has 1 fully saturated rings. The number of piperidine rings is 1. The van der Waals surface area contributed by atoms with E-state index in [0.717, 1.165) is 6.07 Å². The van der Waals surface area contributed by atoms with Crippen LogP contribution in [0.4, 0.5) is 8.78 Å². The molecular formula is C23H23ClF2N4O6S2. The number of hydrogen-bond donors (Lipinski definition) is 2. The lowest BCUT2D eigenvalue weighted by molar-refractivity contribution is -0.137. The predicted molar refractivity (Wildman–Crippen MR) is 135 cm³/mol. The second-order valence-electron chi connectivity index (χ2n) is 8.56. The second kappa shape index (κ2) is 11.4. The van der Waals surface area contributed by atoms with Crippen LogP contribution in [-0.2, 0) is 24.3 Å². The lowest BCUT2D eigenvalue weighted by Gasteiger charge is -2.36. The monoisotopic (exact) mass is 588 g/mol. The summed E-state index contributed by atoms with van der Waals surface area (Å²) < 4.78 is 59.7. The first-order valence-electron chi connectivity index (χ1n) is 11.4. The number of nitrogens with one attached hydrogen (secondary N) is 1. The van der Waals surface area contributed by atoms with Crippen molar-refractivity contribution < 1.29 is 36.6 Å². The smallest absolute Gasteiger partial charge is 0.338 e. The molecule has 15 heteroatoms. The van der Waals surface area contributed by atoms with Gasteiger partial charge in [-0.2, -0.15) is 0 Å². The Bertz CT molecular complexity index is 1410. The number of halogens is 3. The van der Waals surface area contributed by atoms with Gasteiger partial charge in [0, 0.05) is 41.8 Å². The molecular weight excluding hydrogens is 566 g/mol. The van der Waals surface area contributed by atoms with E-state index < -0.39 is 56.8 Å². The highest BCUT2D eigenvalue weighted by molar-refractivity contribution is 7.89. The van der Waals surface area contributed by atoms with Gasteiger partial charge >= 0.3 is 11.9 Å². The topological polar surface area (TPSA) is 138 Å². The van der Waals surface area contributed by atoms with Gasteiger partial charge in [0.1, 0.15) is 6.04 Å². The summed E-state index contributed by atoms with van der Waals surface area (Å²) in [6.07, 6.45) is 1.63. The fourth-order valence-electron chi connectivity index (χ4n) is 4.42. The third-order valence-electron chi connectivity index (χ3n) is 6.30. The lowest BCUT2D eigenvalue weighted by atomic mass is 9.86. The molecule has 1 atom stereocenters. The standard InChI is InChI=1S/C23H23ClF2N4O6S2/c1-36-23(33)16-19(12-4-8-30(9-5-12)38(34,35)11-6-15(31)32)28-21(22-27-7-10-37-22)29-20(16)13-2-3-14(25)18(26)17(13)24/h2-3,7,10,12,20H,4-6,8-9,11H2,1H3,(H,28,29)(H,31,32). The summed E-state index contributed by atoms with van der Waals surface area (Å²) in [5.74, 6) is -5.01. The Kier molecular flexibility index (Phi) is 8.45. The first kappa shape index (κ1) is 28.1. The molecule has 204 valence electrons. The molecule has 1 unspecified atom stereocenters. The summed E-state index contributed by atoms with van der Waals surface area (Å²) in [5.41, 5.74) is 0.478. The van der Waals surface area contributed by atoms with Crippen molar-refractivity contribution in [1.29, 1.82) is 0 Å². The van der Waals surface area contributed by atoms with Crippen LogP contribution in [0.25, 0.3) is 0 Å². The number of aliphatic carboxylic acids is 1. The first-order valence-corrected chi connectivity index (χ1v) is 14.3. The molecule has 2 aliphatic rings. The summed E-state index contributed by atoms with van der Waals surface area (Å²) in [5, 5.41) is 13.7. The van der Waals surface area contributed by atoms with Crippen molar-refractivity contribution in [1.82, 2.24) is 14.6 Å². The number of hydrogen-bond acceptors (Lipinski definition) is 9. The van der Waals surface area contributed by atoms with Crippen molar-refractivity contribution in [2.75, 3.05) is 26.0 Å². The number of amidine groups is 1. The number of carbonyl (C=O) groups excluding carboxylic acids is 1. The van der Waals surface area contributed by atoms with Crippen LogP contribution in [-0.4, -0.2) is 66.5 Å². The molecule has 2 N–H and O–H groups in total. The molecule has 1 aromatic heterocycles. The number of rotatable bonds is 8. The maximum Gasteiger partial charge on any atom is 0.338 e. The molecule has 0 spiro atoms. The van der Waals surface area contributed by atoms with E-state index in [1.807, 2.05) is 0 Å². The van der Waals surface area contributed by atoms with E-state index in [9.17, 15) is 26.8 Å². The molecule has 2 aromatic rings. The van der Waals surface area contributed by atoms with E-state index >= 15 is 0 Å². The SMILES string of the molecule is COC(=O)C1=C(C2CCN(S(=O)(=O)CCC(=O)O)CC2)NC(c2nccs2)=NC1c1ccc(F)c(F)c1Cl. The number of methoxy groups -OCH3 is 1. The summed E-state index contributed by atoms with van der Waals surface area (Å²) in [7, 11) is -2.61. The highest BCUT2D eigenvalue weighted by Gasteiger charge is 2.39. The van der Waals surface area contributed by atoms with Gasteiger partial charge in [-0.3, -0.25) is 9.79 Å². The van der Waals surface area contributed by atoms with Crippen molar-refractivity contribution in [3.05, 3.63) is 62.2 Å². The van der Waals surface area contributed by atoms with Crippen LogP contribution in [0.5, 0.6) is 0 Å². The molecule has 0 bridgehead atoms. The van der Waals surface area contributed by atoms with Crippen LogP contribution in [0, 0.1) is 17.6 Å². The van der Waals surface area contributed by atoms with E-state index in [0.29, 0.717) is 23.5 Å². The number of thiazole rings is 1. The van der Waals surface area contributed by atoms with Gasteiger partial charge in [0.05, 0.1) is 29.9 Å². The minimum Gasteiger partial charge on any atom is -0.481 e. The Morgan fingerprint density at radius 1 is 1.29 bits per heavy atom. The normalized spacial score (nSPS) is 19.2. The predicted octanol–water partition coefficient (Wildman–Crippen LogP) is 3.11. The Morgan fingerprint density at radius 2 is 2.00 bits per heavy atom. The zero-order valence-electron chi connectivity index (χ0n) is 20.0. The molecule has 0 saturated carbocycles. The van der Waals surface area contributed by atoms with Gasteiger partial charge in [0.15, 0.2) is 22.5 Å². The molecule has 0 aliphatic carbocycles. The molecule has 38 heavy (non-hydrogen) atoms. The fourth-order valence-corrected chi connectivity index (χ4v) is 6.72. The Hall–Kier alpha value is -2.94. The molecule has 3 heterocycles. The van der Waals surface area contributed by atoms with E-state index in [1.54, 1.807) is 11.6 Å². The van der Waals surface area contributed by atoms with Crippen LogP contribution in [0.2, 0.25) is 5.02 Å². The Balaban J connectivity index is 1.74. The maximum absolute atomic E-state index is 14.4. The summed E-state index contributed by atoms with van der Waals surface area (Å²) in [6.45, 7) is 0.180. The Morgan fingerprint density at radius 3 is 2.61 bits per heavy atom. The number of esters is 1. The van der Waals surface area contributed by atoms with Gasteiger partial charge in [-0.25, -0.2) is 31.3 Å². The average molecular weight is 589 g/mol. The zero-order chi connectivity index (χ0) is 27.6. The van der Waals surface area contributed by atoms with Gasteiger partial charge in [0.2, 0.25) is 10.0 Å². The van der Waals surface area contributed by atoms with E-state index in [4.69, 9.17) is 21.4 Å². The van der Waals surface area contributed by atoms with Crippen molar-refractivity contribution in [3.8, 4) is 0 Å². The van der Waals surface area contributed by atoms with Crippen LogP contribution in [0.1, 0.15) is 35.9 Å². The van der Waals surface area contributed by atoms with Gasteiger partial charge in [-0.15, -0.1) is 11.3 Å². The number of carboxylic acids is 1. The lowest BCUT2D eigenvalue weighted by Crippen LogP contribution is -2.44. The third kappa shape index (κ3) is 5.72. The number of carboxylic acid groups (broad SMARTS) is 1. The summed E-state index contributed by atoms with van der Waals surface area (Å²) >= 11 is 7.43. The molecule has 2 aliphatic heterocycles. The van der Waals surface area contributed by atoms with Crippen LogP contribution in [0.15, 0.2) is 40.0 Å². The summed E-state index contributed by atoms with van der Waals surface area (Å²) in [6, 6.07) is 0.988. The van der Waals surface area contributed by atoms with E-state index in [-0.39, 0.29) is 36.0 Å². The highest BCUT2D eigenvalue weighted by Crippen LogP contribution is 2.41. The van der Waals surface area contributed by atoms with E-state index in [2.05, 4.69) is 15.3 Å². The fraction of sp³-hybridized carbons (Fsp3) is 0.391. The average Bonchev–Trinajstić information content (AvgIpc) is 3.45. The van der Waals surface area contributed by atoms with Crippen molar-refractivity contribution in [2.45, 2.75) is 25.3 Å². The van der Waals surface area contributed by atoms with Crippen LogP contribution >= 0.6 is 22.9 Å². The summed E-state index contributed by atoms with van der Waals surface area (Å²) in [4.78, 5) is 32.7. The minimum atomic E-state index is -3.78. The molecule has 1 aromatic carbocycles. The van der Waals surface area contributed by atoms with Crippen molar-refractivity contribution in [2.24, 2.45) is 10.9 Å². The third-order valence-corrected chi connectivity index (χ3v) is 9.34. The van der Waals surface area contributed by atoms with Gasteiger partial charge in [-0.05, 0) is 18.9 Å². The number of aromatic nitrogens is 1. The highest BCUT2D eigenvalue weighted by atomic mass is 35.5. The molecule has 4 rings (SSSR count). The number of carbonyl (C=O) groups is 2. The number of ether oxygens (including phenoxy) is 1. The molecule has 0 radical (unpaired) electrons. The largest absolute Gasteiger partial charge is 0.481 e.